The lowest BCUT2D eigenvalue weighted by molar-refractivity contribution is -0.154. The van der Waals surface area contributed by atoms with Crippen molar-refractivity contribution in [2.45, 2.75) is 32.3 Å². The first-order valence-corrected chi connectivity index (χ1v) is 7.32. The molecule has 0 unspecified atom stereocenters. The highest BCUT2D eigenvalue weighted by Gasteiger charge is 2.18. The number of imide groups is 1. The largest absolute Gasteiger partial charge is 0.453 e. The highest BCUT2D eigenvalue weighted by Crippen LogP contribution is 2.19. The number of H-pyrrole nitrogens is 1. The lowest BCUT2D eigenvalue weighted by Crippen LogP contribution is -2.42. The topological polar surface area (TPSA) is 114 Å². The summed E-state index contributed by atoms with van der Waals surface area (Å²) >= 11 is 0. The summed E-state index contributed by atoms with van der Waals surface area (Å²) in [4.78, 5) is 36.8. The smallest absolute Gasteiger partial charge is 0.318 e. The molecule has 0 saturated heterocycles. The molecule has 3 amide bonds. The van der Waals surface area contributed by atoms with Crippen molar-refractivity contribution in [1.29, 1.82) is 0 Å². The predicted octanol–water partition coefficient (Wildman–Crippen LogP) is 1.62. The van der Waals surface area contributed by atoms with Crippen LogP contribution in [0.1, 0.15) is 25.3 Å². The SMILES string of the molecule is C[C@@H](OC(=O)CCCc1c[nH]c2ccccc12)C(=O)NC(N)=O. The van der Waals surface area contributed by atoms with Gasteiger partial charge in [0.25, 0.3) is 5.91 Å². The molecule has 7 nitrogen and oxygen atoms in total. The summed E-state index contributed by atoms with van der Waals surface area (Å²) in [5, 5.41) is 3.00. The maximum absolute atomic E-state index is 11.7. The molecule has 1 heterocycles. The number of esters is 1. The first-order chi connectivity index (χ1) is 11.0. The number of carbonyl (C=O) groups is 3. The van der Waals surface area contributed by atoms with E-state index in [9.17, 15) is 14.4 Å². The van der Waals surface area contributed by atoms with Gasteiger partial charge in [-0.3, -0.25) is 14.9 Å². The van der Waals surface area contributed by atoms with Crippen LogP contribution in [0, 0.1) is 0 Å². The van der Waals surface area contributed by atoms with E-state index in [2.05, 4.69) is 4.98 Å². The standard InChI is InChI=1S/C16H19N3O4/c1-10(15(21)19-16(17)22)23-14(20)8-4-5-11-9-18-13-7-3-2-6-12(11)13/h2-3,6-7,9-10,18H,4-5,8H2,1H3,(H3,17,19,21,22)/t10-/m1/s1. The van der Waals surface area contributed by atoms with Gasteiger partial charge in [-0.05, 0) is 31.4 Å². The van der Waals surface area contributed by atoms with Crippen LogP contribution in [-0.4, -0.2) is 29.0 Å². The Bertz CT molecular complexity index is 723. The van der Waals surface area contributed by atoms with Gasteiger partial charge in [-0.15, -0.1) is 0 Å². The van der Waals surface area contributed by atoms with Crippen molar-refractivity contribution in [2.75, 3.05) is 0 Å². The van der Waals surface area contributed by atoms with E-state index in [0.29, 0.717) is 6.42 Å². The van der Waals surface area contributed by atoms with E-state index in [1.165, 1.54) is 6.92 Å². The second kappa shape index (κ2) is 7.44. The van der Waals surface area contributed by atoms with Crippen molar-refractivity contribution in [1.82, 2.24) is 10.3 Å². The summed E-state index contributed by atoms with van der Waals surface area (Å²) in [6, 6.07) is 6.96. The Morgan fingerprint density at radius 3 is 2.78 bits per heavy atom. The van der Waals surface area contributed by atoms with Gasteiger partial charge in [0.2, 0.25) is 0 Å². The van der Waals surface area contributed by atoms with E-state index >= 15 is 0 Å². The summed E-state index contributed by atoms with van der Waals surface area (Å²) in [5.41, 5.74) is 7.02. The third kappa shape index (κ3) is 4.57. The second-order valence-electron chi connectivity index (χ2n) is 5.20. The number of hydrogen-bond donors (Lipinski definition) is 3. The summed E-state index contributed by atoms with van der Waals surface area (Å²) in [6.07, 6.45) is 2.39. The van der Waals surface area contributed by atoms with Crippen LogP contribution in [0.5, 0.6) is 0 Å². The number of primary amides is 1. The van der Waals surface area contributed by atoms with Gasteiger partial charge < -0.3 is 15.5 Å². The second-order valence-corrected chi connectivity index (χ2v) is 5.20. The van der Waals surface area contributed by atoms with Gasteiger partial charge in [0.15, 0.2) is 6.10 Å². The van der Waals surface area contributed by atoms with Gasteiger partial charge in [0, 0.05) is 23.5 Å². The summed E-state index contributed by atoms with van der Waals surface area (Å²) < 4.78 is 4.95. The molecule has 2 aromatic rings. The Morgan fingerprint density at radius 1 is 1.30 bits per heavy atom. The van der Waals surface area contributed by atoms with Crippen LogP contribution in [0.15, 0.2) is 30.5 Å². The van der Waals surface area contributed by atoms with E-state index in [0.717, 1.165) is 22.9 Å². The Hall–Kier alpha value is -2.83. The molecule has 0 spiro atoms. The Balaban J connectivity index is 1.78. The number of ether oxygens (including phenoxy) is 1. The molecule has 23 heavy (non-hydrogen) atoms. The molecule has 2 rings (SSSR count). The molecule has 4 N–H and O–H groups in total. The number of amides is 3. The summed E-state index contributed by atoms with van der Waals surface area (Å²) in [6.45, 7) is 1.38. The van der Waals surface area contributed by atoms with Crippen molar-refractivity contribution in [2.24, 2.45) is 5.73 Å². The normalized spacial score (nSPS) is 11.9. The number of para-hydroxylation sites is 1. The number of benzene rings is 1. The number of aryl methyl sites for hydroxylation is 1. The number of fused-ring (bicyclic) bond motifs is 1. The van der Waals surface area contributed by atoms with Gasteiger partial charge in [-0.1, -0.05) is 18.2 Å². The van der Waals surface area contributed by atoms with Gasteiger partial charge in [-0.2, -0.15) is 0 Å². The molecule has 1 atom stereocenters. The number of aromatic amines is 1. The van der Waals surface area contributed by atoms with Gasteiger partial charge in [0.1, 0.15) is 0 Å². The van der Waals surface area contributed by atoms with Crippen LogP contribution in [0.25, 0.3) is 10.9 Å². The van der Waals surface area contributed by atoms with Crippen LogP contribution < -0.4 is 11.1 Å². The van der Waals surface area contributed by atoms with Crippen LogP contribution >= 0.6 is 0 Å². The molecule has 0 fully saturated rings. The molecule has 0 aliphatic rings. The van der Waals surface area contributed by atoms with Crippen molar-refractivity contribution in [3.05, 3.63) is 36.0 Å². The van der Waals surface area contributed by atoms with Gasteiger partial charge in [0.05, 0.1) is 0 Å². The van der Waals surface area contributed by atoms with Crippen LogP contribution in [-0.2, 0) is 20.7 Å². The van der Waals surface area contributed by atoms with Crippen LogP contribution in [0.4, 0.5) is 4.79 Å². The van der Waals surface area contributed by atoms with Crippen molar-refractivity contribution in [3.63, 3.8) is 0 Å². The molecule has 7 heteroatoms. The van der Waals surface area contributed by atoms with E-state index in [-0.39, 0.29) is 6.42 Å². The van der Waals surface area contributed by atoms with E-state index < -0.39 is 24.0 Å². The minimum absolute atomic E-state index is 0.188. The fourth-order valence-corrected chi connectivity index (χ4v) is 2.29. The summed E-state index contributed by atoms with van der Waals surface area (Å²) in [7, 11) is 0. The average Bonchev–Trinajstić information content (AvgIpc) is 2.90. The fraction of sp³-hybridized carbons (Fsp3) is 0.312. The van der Waals surface area contributed by atoms with Crippen LogP contribution in [0.2, 0.25) is 0 Å². The maximum Gasteiger partial charge on any atom is 0.318 e. The number of nitrogens with one attached hydrogen (secondary N) is 2. The van der Waals surface area contributed by atoms with E-state index in [4.69, 9.17) is 10.5 Å². The van der Waals surface area contributed by atoms with E-state index in [1.807, 2.05) is 35.8 Å². The molecule has 122 valence electrons. The molecule has 0 bridgehead atoms. The molecular formula is C16H19N3O4. The molecule has 0 saturated carbocycles. The zero-order valence-corrected chi connectivity index (χ0v) is 12.8. The molecule has 1 aromatic heterocycles. The zero-order chi connectivity index (χ0) is 16.8. The first kappa shape index (κ1) is 16.5. The summed E-state index contributed by atoms with van der Waals surface area (Å²) in [5.74, 6) is -1.22. The lowest BCUT2D eigenvalue weighted by atomic mass is 10.1. The maximum atomic E-state index is 11.7. The monoisotopic (exact) mass is 317 g/mol. The molecule has 0 radical (unpaired) electrons. The first-order valence-electron chi connectivity index (χ1n) is 7.32. The highest BCUT2D eigenvalue weighted by molar-refractivity contribution is 5.96. The third-order valence-electron chi connectivity index (χ3n) is 3.43. The van der Waals surface area contributed by atoms with E-state index in [1.54, 1.807) is 0 Å². The number of nitrogens with two attached hydrogens (primary N) is 1. The minimum atomic E-state index is -1.05. The minimum Gasteiger partial charge on any atom is -0.453 e. The fourth-order valence-electron chi connectivity index (χ4n) is 2.29. The number of rotatable bonds is 6. The quantitative estimate of drug-likeness (QED) is 0.702. The number of hydrogen-bond acceptors (Lipinski definition) is 4. The number of aromatic nitrogens is 1. The Labute approximate surface area is 133 Å². The predicted molar refractivity (Wildman–Crippen MR) is 84.5 cm³/mol. The highest BCUT2D eigenvalue weighted by atomic mass is 16.5. The van der Waals surface area contributed by atoms with Crippen molar-refractivity contribution >= 4 is 28.8 Å². The third-order valence-corrected chi connectivity index (χ3v) is 3.43. The molecular weight excluding hydrogens is 298 g/mol. The number of carbonyl (C=O) groups excluding carboxylic acids is 3. The number of urea groups is 1. The zero-order valence-electron chi connectivity index (χ0n) is 12.8. The lowest BCUT2D eigenvalue weighted by Gasteiger charge is -2.11. The Morgan fingerprint density at radius 2 is 2.04 bits per heavy atom. The Kier molecular flexibility index (Phi) is 5.35. The van der Waals surface area contributed by atoms with Crippen molar-refractivity contribution in [3.8, 4) is 0 Å². The molecule has 0 aliphatic carbocycles. The molecule has 0 aliphatic heterocycles. The van der Waals surface area contributed by atoms with Crippen molar-refractivity contribution < 1.29 is 19.1 Å². The molecule has 1 aromatic carbocycles. The average molecular weight is 317 g/mol. The van der Waals surface area contributed by atoms with Gasteiger partial charge >= 0.3 is 12.0 Å². The van der Waals surface area contributed by atoms with Gasteiger partial charge in [-0.25, -0.2) is 4.79 Å². The van der Waals surface area contributed by atoms with Crippen LogP contribution in [0.3, 0.4) is 0 Å².